The lowest BCUT2D eigenvalue weighted by Gasteiger charge is -2.19. The SMILES string of the molecule is COc1cccc(C(NC(C)=O)NC(C)=O)c1. The Balaban J connectivity index is 2.94. The van der Waals surface area contributed by atoms with Gasteiger partial charge in [0.25, 0.3) is 0 Å². The van der Waals surface area contributed by atoms with E-state index in [-0.39, 0.29) is 11.8 Å². The molecule has 0 aliphatic rings. The fraction of sp³-hybridized carbons (Fsp3) is 0.333. The van der Waals surface area contributed by atoms with Gasteiger partial charge in [-0.25, -0.2) is 0 Å². The first-order valence-corrected chi connectivity index (χ1v) is 5.21. The number of carbonyl (C=O) groups excluding carboxylic acids is 2. The minimum absolute atomic E-state index is 0.216. The molecule has 1 aromatic carbocycles. The molecule has 0 spiro atoms. The predicted octanol–water partition coefficient (Wildman–Crippen LogP) is 0.966. The third-order valence-electron chi connectivity index (χ3n) is 2.12. The van der Waals surface area contributed by atoms with Crippen LogP contribution in [0.4, 0.5) is 0 Å². The molecule has 1 aromatic rings. The van der Waals surface area contributed by atoms with E-state index in [0.717, 1.165) is 5.56 Å². The minimum Gasteiger partial charge on any atom is -0.497 e. The molecule has 5 nitrogen and oxygen atoms in total. The highest BCUT2D eigenvalue weighted by atomic mass is 16.5. The van der Waals surface area contributed by atoms with Crippen molar-refractivity contribution in [1.82, 2.24) is 10.6 Å². The smallest absolute Gasteiger partial charge is 0.218 e. The van der Waals surface area contributed by atoms with Crippen LogP contribution in [0.15, 0.2) is 24.3 Å². The second kappa shape index (κ2) is 5.89. The molecule has 0 saturated heterocycles. The predicted molar refractivity (Wildman–Crippen MR) is 63.4 cm³/mol. The molecule has 2 N–H and O–H groups in total. The maximum absolute atomic E-state index is 11.1. The molecule has 0 fully saturated rings. The number of rotatable bonds is 4. The zero-order valence-corrected chi connectivity index (χ0v) is 10.1. The second-order valence-electron chi connectivity index (χ2n) is 3.61. The fourth-order valence-electron chi connectivity index (χ4n) is 1.43. The molecule has 0 unspecified atom stereocenters. The molecule has 0 aromatic heterocycles. The lowest BCUT2D eigenvalue weighted by molar-refractivity contribution is -0.122. The Morgan fingerprint density at radius 1 is 1.18 bits per heavy atom. The first kappa shape index (κ1) is 13.0. The van der Waals surface area contributed by atoms with Crippen LogP contribution in [0.3, 0.4) is 0 Å². The Kier molecular flexibility index (Phi) is 4.51. The van der Waals surface area contributed by atoms with Crippen LogP contribution in [-0.4, -0.2) is 18.9 Å². The van der Waals surface area contributed by atoms with Crippen molar-refractivity contribution in [2.75, 3.05) is 7.11 Å². The van der Waals surface area contributed by atoms with E-state index in [1.54, 1.807) is 31.4 Å². The van der Waals surface area contributed by atoms with Crippen molar-refractivity contribution in [3.05, 3.63) is 29.8 Å². The van der Waals surface area contributed by atoms with Crippen molar-refractivity contribution < 1.29 is 14.3 Å². The Hall–Kier alpha value is -2.04. The molecule has 0 atom stereocenters. The summed E-state index contributed by atoms with van der Waals surface area (Å²) >= 11 is 0. The molecule has 5 heteroatoms. The molecule has 17 heavy (non-hydrogen) atoms. The van der Waals surface area contributed by atoms with Gasteiger partial charge < -0.3 is 15.4 Å². The van der Waals surface area contributed by atoms with Crippen LogP contribution in [0, 0.1) is 0 Å². The number of carbonyl (C=O) groups is 2. The monoisotopic (exact) mass is 236 g/mol. The third kappa shape index (κ3) is 4.14. The topological polar surface area (TPSA) is 67.4 Å². The molecule has 0 radical (unpaired) electrons. The fourth-order valence-corrected chi connectivity index (χ4v) is 1.43. The summed E-state index contributed by atoms with van der Waals surface area (Å²) in [5.41, 5.74) is 0.759. The second-order valence-corrected chi connectivity index (χ2v) is 3.61. The summed E-state index contributed by atoms with van der Waals surface area (Å²) in [7, 11) is 1.56. The molecule has 1 rings (SSSR count). The lowest BCUT2D eigenvalue weighted by atomic mass is 10.1. The highest BCUT2D eigenvalue weighted by Crippen LogP contribution is 2.17. The van der Waals surface area contributed by atoms with Gasteiger partial charge in [0.1, 0.15) is 11.9 Å². The van der Waals surface area contributed by atoms with Crippen molar-refractivity contribution in [2.24, 2.45) is 0 Å². The molecule has 0 bridgehead atoms. The zero-order chi connectivity index (χ0) is 12.8. The summed E-state index contributed by atoms with van der Waals surface area (Å²) in [5, 5.41) is 5.30. The van der Waals surface area contributed by atoms with Crippen LogP contribution in [0.25, 0.3) is 0 Å². The number of hydrogen-bond acceptors (Lipinski definition) is 3. The Labute approximate surface area is 100 Å². The molecular formula is C12H16N2O3. The lowest BCUT2D eigenvalue weighted by Crippen LogP contribution is -2.39. The molecule has 2 amide bonds. The highest BCUT2D eigenvalue weighted by Gasteiger charge is 2.13. The number of benzene rings is 1. The number of amides is 2. The van der Waals surface area contributed by atoms with Crippen LogP contribution < -0.4 is 15.4 Å². The van der Waals surface area contributed by atoms with E-state index in [9.17, 15) is 9.59 Å². The average molecular weight is 236 g/mol. The van der Waals surface area contributed by atoms with Crippen molar-refractivity contribution in [2.45, 2.75) is 20.0 Å². The number of nitrogens with one attached hydrogen (secondary N) is 2. The number of methoxy groups -OCH3 is 1. The van der Waals surface area contributed by atoms with Gasteiger partial charge in [0.15, 0.2) is 0 Å². The van der Waals surface area contributed by atoms with E-state index in [1.807, 2.05) is 0 Å². The van der Waals surface area contributed by atoms with Crippen LogP contribution in [0.5, 0.6) is 5.75 Å². The molecular weight excluding hydrogens is 220 g/mol. The molecule has 0 aliphatic heterocycles. The summed E-state index contributed by atoms with van der Waals surface area (Å²) in [6, 6.07) is 7.16. The van der Waals surface area contributed by atoms with Gasteiger partial charge in [0, 0.05) is 13.8 Å². The maximum atomic E-state index is 11.1. The third-order valence-corrected chi connectivity index (χ3v) is 2.12. The molecule has 0 aliphatic carbocycles. The van der Waals surface area contributed by atoms with Gasteiger partial charge in [0.2, 0.25) is 11.8 Å². The van der Waals surface area contributed by atoms with Gasteiger partial charge in [-0.05, 0) is 17.7 Å². The zero-order valence-electron chi connectivity index (χ0n) is 10.1. The molecule has 0 heterocycles. The highest BCUT2D eigenvalue weighted by molar-refractivity contribution is 5.76. The average Bonchev–Trinajstić information content (AvgIpc) is 2.27. The van der Waals surface area contributed by atoms with Crippen molar-refractivity contribution >= 4 is 11.8 Å². The van der Waals surface area contributed by atoms with E-state index >= 15 is 0 Å². The van der Waals surface area contributed by atoms with Crippen molar-refractivity contribution in [1.29, 1.82) is 0 Å². The number of ether oxygens (including phenoxy) is 1. The van der Waals surface area contributed by atoms with Crippen LogP contribution >= 0.6 is 0 Å². The largest absolute Gasteiger partial charge is 0.497 e. The van der Waals surface area contributed by atoms with Gasteiger partial charge in [-0.1, -0.05) is 12.1 Å². The first-order chi connectivity index (χ1) is 8.02. The summed E-state index contributed by atoms with van der Waals surface area (Å²) in [4.78, 5) is 22.1. The van der Waals surface area contributed by atoms with Crippen LogP contribution in [0.2, 0.25) is 0 Å². The van der Waals surface area contributed by atoms with E-state index in [1.165, 1.54) is 13.8 Å². The van der Waals surface area contributed by atoms with Gasteiger partial charge in [-0.15, -0.1) is 0 Å². The van der Waals surface area contributed by atoms with E-state index in [2.05, 4.69) is 10.6 Å². The minimum atomic E-state index is -0.542. The van der Waals surface area contributed by atoms with Crippen molar-refractivity contribution in [3.63, 3.8) is 0 Å². The molecule has 92 valence electrons. The molecule has 0 saturated carbocycles. The van der Waals surface area contributed by atoms with E-state index < -0.39 is 6.17 Å². The Bertz CT molecular complexity index is 402. The Morgan fingerprint density at radius 2 is 1.76 bits per heavy atom. The summed E-state index contributed by atoms with van der Waals surface area (Å²) in [6.45, 7) is 2.80. The Morgan fingerprint density at radius 3 is 2.24 bits per heavy atom. The van der Waals surface area contributed by atoms with Gasteiger partial charge in [0.05, 0.1) is 7.11 Å². The normalized spacial score (nSPS) is 9.88. The quantitative estimate of drug-likeness (QED) is 0.765. The summed E-state index contributed by atoms with van der Waals surface area (Å²) in [6.07, 6.45) is -0.542. The first-order valence-electron chi connectivity index (χ1n) is 5.21. The van der Waals surface area contributed by atoms with Gasteiger partial charge >= 0.3 is 0 Å². The maximum Gasteiger partial charge on any atom is 0.218 e. The van der Waals surface area contributed by atoms with Crippen LogP contribution in [0.1, 0.15) is 25.6 Å². The standard InChI is InChI=1S/C12H16N2O3/c1-8(15)13-12(14-9(2)16)10-5-4-6-11(7-10)17-3/h4-7,12H,1-3H3,(H,13,15)(H,14,16). The van der Waals surface area contributed by atoms with Gasteiger partial charge in [-0.2, -0.15) is 0 Å². The van der Waals surface area contributed by atoms with Gasteiger partial charge in [-0.3, -0.25) is 9.59 Å². The van der Waals surface area contributed by atoms with Crippen molar-refractivity contribution in [3.8, 4) is 5.75 Å². The van der Waals surface area contributed by atoms with Crippen LogP contribution in [-0.2, 0) is 9.59 Å². The summed E-state index contributed by atoms with van der Waals surface area (Å²) < 4.78 is 5.09. The summed E-state index contributed by atoms with van der Waals surface area (Å²) in [5.74, 6) is 0.237. The van der Waals surface area contributed by atoms with E-state index in [4.69, 9.17) is 4.74 Å². The van der Waals surface area contributed by atoms with E-state index in [0.29, 0.717) is 5.75 Å². The number of hydrogen-bond donors (Lipinski definition) is 2.